The van der Waals surface area contributed by atoms with E-state index in [2.05, 4.69) is 10.1 Å². The van der Waals surface area contributed by atoms with Crippen LogP contribution in [0.4, 0.5) is 5.88 Å². The highest BCUT2D eigenvalue weighted by molar-refractivity contribution is 6.04. The first-order chi connectivity index (χ1) is 11.0. The second kappa shape index (κ2) is 6.79. The number of furan rings is 1. The summed E-state index contributed by atoms with van der Waals surface area (Å²) >= 11 is 0. The van der Waals surface area contributed by atoms with Gasteiger partial charge in [-0.3, -0.25) is 4.79 Å². The smallest absolute Gasteiger partial charge is 0.336 e. The van der Waals surface area contributed by atoms with Crippen molar-refractivity contribution in [3.05, 3.63) is 41.5 Å². The number of rotatable bonds is 5. The van der Waals surface area contributed by atoms with Crippen LogP contribution < -0.4 is 5.32 Å². The SMILES string of the molecule is COC(=O)C(Nc1oc(-c2ccc(C)cc2)cc1C#N)C(C)=O. The molecule has 0 saturated heterocycles. The molecule has 2 aromatic rings. The lowest BCUT2D eigenvalue weighted by Crippen LogP contribution is -2.37. The monoisotopic (exact) mass is 312 g/mol. The van der Waals surface area contributed by atoms with E-state index < -0.39 is 17.8 Å². The predicted molar refractivity (Wildman–Crippen MR) is 83.7 cm³/mol. The summed E-state index contributed by atoms with van der Waals surface area (Å²) < 4.78 is 10.2. The highest BCUT2D eigenvalue weighted by Gasteiger charge is 2.26. The van der Waals surface area contributed by atoms with Gasteiger partial charge in [0.15, 0.2) is 11.8 Å². The molecule has 0 fully saturated rings. The fraction of sp³-hybridized carbons (Fsp3) is 0.235. The zero-order valence-corrected chi connectivity index (χ0v) is 13.0. The molecule has 0 spiro atoms. The number of aryl methyl sites for hydroxylation is 1. The molecule has 0 radical (unpaired) electrons. The molecule has 1 heterocycles. The number of ether oxygens (including phenoxy) is 1. The third kappa shape index (κ3) is 3.58. The number of Topliss-reactive ketones (excluding diaryl/α,β-unsaturated/α-hetero) is 1. The number of benzene rings is 1. The summed E-state index contributed by atoms with van der Waals surface area (Å²) in [7, 11) is 1.19. The lowest BCUT2D eigenvalue weighted by molar-refractivity contribution is -0.144. The van der Waals surface area contributed by atoms with Gasteiger partial charge < -0.3 is 14.5 Å². The molecule has 1 atom stereocenters. The molecule has 23 heavy (non-hydrogen) atoms. The van der Waals surface area contributed by atoms with Gasteiger partial charge >= 0.3 is 5.97 Å². The third-order valence-corrected chi connectivity index (χ3v) is 3.31. The molecular formula is C17H16N2O4. The van der Waals surface area contributed by atoms with Crippen LogP contribution in [-0.2, 0) is 14.3 Å². The number of nitrogens with one attached hydrogen (secondary N) is 1. The molecule has 118 valence electrons. The number of nitrogens with zero attached hydrogens (tertiary/aromatic N) is 1. The number of hydrogen-bond acceptors (Lipinski definition) is 6. The van der Waals surface area contributed by atoms with Gasteiger partial charge in [-0.15, -0.1) is 0 Å². The second-order valence-electron chi connectivity index (χ2n) is 5.04. The van der Waals surface area contributed by atoms with Crippen molar-refractivity contribution < 1.29 is 18.7 Å². The predicted octanol–water partition coefficient (Wildman–Crippen LogP) is 2.67. The van der Waals surface area contributed by atoms with Crippen molar-refractivity contribution in [2.24, 2.45) is 0 Å². The van der Waals surface area contributed by atoms with E-state index in [1.54, 1.807) is 6.07 Å². The number of anilines is 1. The first kappa shape index (κ1) is 16.3. The van der Waals surface area contributed by atoms with Crippen LogP contribution in [0.3, 0.4) is 0 Å². The maximum Gasteiger partial charge on any atom is 0.336 e. The number of ketones is 1. The van der Waals surface area contributed by atoms with Crippen molar-refractivity contribution in [3.8, 4) is 17.4 Å². The maximum absolute atomic E-state index is 11.6. The Bertz CT molecular complexity index is 769. The average molecular weight is 312 g/mol. The number of carbonyl (C=O) groups is 2. The van der Waals surface area contributed by atoms with Crippen molar-refractivity contribution in [2.45, 2.75) is 19.9 Å². The Hall–Kier alpha value is -3.07. The van der Waals surface area contributed by atoms with Crippen LogP contribution in [0, 0.1) is 18.3 Å². The molecule has 1 aromatic carbocycles. The average Bonchev–Trinajstić information content (AvgIpc) is 2.95. The van der Waals surface area contributed by atoms with Gasteiger partial charge in [-0.2, -0.15) is 5.26 Å². The van der Waals surface area contributed by atoms with Crippen LogP contribution >= 0.6 is 0 Å². The van der Waals surface area contributed by atoms with Crippen molar-refractivity contribution in [1.29, 1.82) is 5.26 Å². The van der Waals surface area contributed by atoms with E-state index in [4.69, 9.17) is 4.42 Å². The summed E-state index contributed by atoms with van der Waals surface area (Å²) in [4.78, 5) is 23.2. The minimum absolute atomic E-state index is 0.0636. The molecule has 2 rings (SSSR count). The summed E-state index contributed by atoms with van der Waals surface area (Å²) in [6.45, 7) is 3.22. The minimum atomic E-state index is -1.22. The zero-order valence-electron chi connectivity index (χ0n) is 13.0. The first-order valence-electron chi connectivity index (χ1n) is 6.92. The van der Waals surface area contributed by atoms with Crippen LogP contribution in [0.2, 0.25) is 0 Å². The molecule has 1 unspecified atom stereocenters. The summed E-state index contributed by atoms with van der Waals surface area (Å²) in [5, 5.41) is 11.9. The summed E-state index contributed by atoms with van der Waals surface area (Å²) in [5.41, 5.74) is 2.09. The van der Waals surface area contributed by atoms with Crippen LogP contribution in [-0.4, -0.2) is 24.9 Å². The van der Waals surface area contributed by atoms with Gasteiger partial charge in [0.1, 0.15) is 17.4 Å². The van der Waals surface area contributed by atoms with Crippen molar-refractivity contribution in [3.63, 3.8) is 0 Å². The van der Waals surface area contributed by atoms with E-state index in [1.807, 2.05) is 37.3 Å². The Morgan fingerprint density at radius 1 is 1.30 bits per heavy atom. The molecule has 0 amide bonds. The lowest BCUT2D eigenvalue weighted by atomic mass is 10.1. The molecule has 0 aliphatic heterocycles. The van der Waals surface area contributed by atoms with E-state index in [0.717, 1.165) is 11.1 Å². The number of esters is 1. The molecule has 0 saturated carbocycles. The van der Waals surface area contributed by atoms with Crippen molar-refractivity contribution >= 4 is 17.6 Å². The number of hydrogen-bond donors (Lipinski definition) is 1. The summed E-state index contributed by atoms with van der Waals surface area (Å²) in [6.07, 6.45) is 0. The molecule has 1 aromatic heterocycles. The standard InChI is InChI=1S/C17H16N2O4/c1-10-4-6-12(7-5-10)14-8-13(9-18)16(23-14)19-15(11(2)20)17(21)22-3/h4-8,15,19H,1-3H3. The van der Waals surface area contributed by atoms with Gasteiger partial charge in [-0.1, -0.05) is 29.8 Å². The van der Waals surface area contributed by atoms with Crippen LogP contribution in [0.25, 0.3) is 11.3 Å². The van der Waals surface area contributed by atoms with E-state index in [9.17, 15) is 14.9 Å². The highest BCUT2D eigenvalue weighted by Crippen LogP contribution is 2.29. The van der Waals surface area contributed by atoms with Crippen molar-refractivity contribution in [2.75, 3.05) is 12.4 Å². The Labute approximate surface area is 133 Å². The first-order valence-corrected chi connectivity index (χ1v) is 6.92. The van der Waals surface area contributed by atoms with E-state index >= 15 is 0 Å². The largest absolute Gasteiger partial charge is 0.467 e. The topological polar surface area (TPSA) is 92.3 Å². The molecule has 6 heteroatoms. The normalized spacial score (nSPS) is 11.4. The van der Waals surface area contributed by atoms with Gasteiger partial charge in [0.25, 0.3) is 0 Å². The molecule has 1 N–H and O–H groups in total. The van der Waals surface area contributed by atoms with Gasteiger partial charge in [0.05, 0.1) is 7.11 Å². The van der Waals surface area contributed by atoms with Gasteiger partial charge in [0.2, 0.25) is 5.88 Å². The lowest BCUT2D eigenvalue weighted by Gasteiger charge is -2.12. The Morgan fingerprint density at radius 2 is 1.96 bits per heavy atom. The number of nitriles is 1. The molecule has 0 bridgehead atoms. The minimum Gasteiger partial charge on any atom is -0.467 e. The van der Waals surface area contributed by atoms with Gasteiger partial charge in [-0.25, -0.2) is 4.79 Å². The van der Waals surface area contributed by atoms with E-state index in [1.165, 1.54) is 14.0 Å². The van der Waals surface area contributed by atoms with E-state index in [-0.39, 0.29) is 11.4 Å². The number of methoxy groups -OCH3 is 1. The van der Waals surface area contributed by atoms with Crippen LogP contribution in [0.5, 0.6) is 0 Å². The zero-order chi connectivity index (χ0) is 17.0. The Balaban J connectivity index is 2.36. The quantitative estimate of drug-likeness (QED) is 0.674. The fourth-order valence-electron chi connectivity index (χ4n) is 2.02. The van der Waals surface area contributed by atoms with Gasteiger partial charge in [0, 0.05) is 11.6 Å². The third-order valence-electron chi connectivity index (χ3n) is 3.31. The number of carbonyl (C=O) groups excluding carboxylic acids is 2. The highest BCUT2D eigenvalue weighted by atomic mass is 16.5. The molecule has 0 aliphatic carbocycles. The van der Waals surface area contributed by atoms with Crippen LogP contribution in [0.15, 0.2) is 34.7 Å². The maximum atomic E-state index is 11.6. The second-order valence-corrected chi connectivity index (χ2v) is 5.04. The molecular weight excluding hydrogens is 296 g/mol. The van der Waals surface area contributed by atoms with E-state index in [0.29, 0.717) is 5.76 Å². The Morgan fingerprint density at radius 3 is 2.48 bits per heavy atom. The molecule has 6 nitrogen and oxygen atoms in total. The summed E-state index contributed by atoms with van der Waals surface area (Å²) in [6, 6.07) is 9.88. The summed E-state index contributed by atoms with van der Waals surface area (Å²) in [5.74, 6) is -0.645. The van der Waals surface area contributed by atoms with Crippen LogP contribution in [0.1, 0.15) is 18.1 Å². The molecule has 0 aliphatic rings. The van der Waals surface area contributed by atoms with Gasteiger partial charge in [-0.05, 0) is 13.8 Å². The van der Waals surface area contributed by atoms with Crippen molar-refractivity contribution in [1.82, 2.24) is 0 Å². The fourth-order valence-corrected chi connectivity index (χ4v) is 2.02. The Kier molecular flexibility index (Phi) is 4.82.